The largest absolute Gasteiger partial charge is 0.462 e. The minimum Gasteiger partial charge on any atom is -0.462 e. The van der Waals surface area contributed by atoms with Gasteiger partial charge in [-0.2, -0.15) is 0 Å². The topological polar surface area (TPSA) is 99.4 Å². The van der Waals surface area contributed by atoms with Gasteiger partial charge in [-0.3, -0.25) is 0 Å². The van der Waals surface area contributed by atoms with Gasteiger partial charge in [0.05, 0.1) is 6.61 Å². The predicted molar refractivity (Wildman–Crippen MR) is 103 cm³/mol. The normalized spacial score (nSPS) is 27.2. The van der Waals surface area contributed by atoms with E-state index < -0.39 is 37.3 Å². The first kappa shape index (κ1) is 20.3. The Morgan fingerprint density at radius 2 is 1.75 bits per heavy atom. The van der Waals surface area contributed by atoms with Gasteiger partial charge in [-0.05, 0) is 36.2 Å². The lowest BCUT2D eigenvalue weighted by molar-refractivity contribution is -0.277. The Morgan fingerprint density at radius 3 is 2.39 bits per heavy atom. The van der Waals surface area contributed by atoms with Crippen LogP contribution < -0.4 is 4.74 Å². The molecule has 1 heterocycles. The summed E-state index contributed by atoms with van der Waals surface area (Å²) in [4.78, 5) is 0. The average Bonchev–Trinajstić information content (AvgIpc) is 2.71. The van der Waals surface area contributed by atoms with Crippen molar-refractivity contribution in [2.45, 2.75) is 44.1 Å². The van der Waals surface area contributed by atoms with Crippen LogP contribution in [0, 0.1) is 19.3 Å². The molecule has 1 aliphatic heterocycles. The first-order valence-corrected chi connectivity index (χ1v) is 9.05. The second kappa shape index (κ2) is 8.74. The highest BCUT2D eigenvalue weighted by Gasteiger charge is 2.44. The smallest absolute Gasteiger partial charge is 0.229 e. The van der Waals surface area contributed by atoms with Gasteiger partial charge in [0.2, 0.25) is 6.29 Å². The van der Waals surface area contributed by atoms with E-state index in [0.717, 1.165) is 22.3 Å². The van der Waals surface area contributed by atoms with Gasteiger partial charge in [-0.1, -0.05) is 30.2 Å². The number of aliphatic hydroxyl groups is 4. The third kappa shape index (κ3) is 4.20. The highest BCUT2D eigenvalue weighted by molar-refractivity contribution is 5.44. The summed E-state index contributed by atoms with van der Waals surface area (Å²) in [6.45, 7) is 1.44. The van der Waals surface area contributed by atoms with Crippen LogP contribution in [-0.4, -0.2) is 57.7 Å². The minimum absolute atomic E-state index is 0.491. The number of rotatable bonds is 5. The Balaban J connectivity index is 1.84. The van der Waals surface area contributed by atoms with E-state index >= 15 is 0 Å². The Bertz CT molecular complexity index is 839. The summed E-state index contributed by atoms with van der Waals surface area (Å²) in [5, 5.41) is 39.4. The van der Waals surface area contributed by atoms with E-state index in [1.54, 1.807) is 6.07 Å². The number of hydrogen-bond donors (Lipinski definition) is 4. The number of terminal acetylenes is 1. The third-order valence-corrected chi connectivity index (χ3v) is 4.96. The van der Waals surface area contributed by atoms with Gasteiger partial charge in [0.15, 0.2) is 0 Å². The minimum atomic E-state index is -1.49. The van der Waals surface area contributed by atoms with E-state index in [9.17, 15) is 20.4 Å². The van der Waals surface area contributed by atoms with E-state index in [2.05, 4.69) is 5.92 Å². The Kier molecular flexibility index (Phi) is 6.35. The van der Waals surface area contributed by atoms with Crippen LogP contribution in [0.25, 0.3) is 0 Å². The van der Waals surface area contributed by atoms with Gasteiger partial charge in [0.1, 0.15) is 30.2 Å². The number of aryl methyl sites for hydroxylation is 1. The molecule has 0 aromatic heterocycles. The maximum atomic E-state index is 10.2. The van der Waals surface area contributed by atoms with E-state index in [-0.39, 0.29) is 0 Å². The van der Waals surface area contributed by atoms with Gasteiger partial charge in [-0.25, -0.2) is 0 Å². The Morgan fingerprint density at radius 1 is 1.04 bits per heavy atom. The van der Waals surface area contributed by atoms with Crippen LogP contribution in [0.2, 0.25) is 0 Å². The molecule has 0 radical (unpaired) electrons. The molecule has 6 nitrogen and oxygen atoms in total. The van der Waals surface area contributed by atoms with E-state index in [1.807, 2.05) is 43.3 Å². The van der Waals surface area contributed by atoms with Gasteiger partial charge in [-0.15, -0.1) is 6.42 Å². The SMILES string of the molecule is C#Cc1ccc(Cc2c(C)cccc2O[C@@H]2O[C@H](CO)[C@@H](O)[C@H](O)[C@H]2O)cc1. The van der Waals surface area contributed by atoms with Crippen molar-refractivity contribution in [2.24, 2.45) is 0 Å². The van der Waals surface area contributed by atoms with E-state index in [4.69, 9.17) is 15.9 Å². The molecule has 0 saturated carbocycles. The summed E-state index contributed by atoms with van der Waals surface area (Å²) in [5.41, 5.74) is 3.72. The molecule has 1 fully saturated rings. The quantitative estimate of drug-likeness (QED) is 0.568. The summed E-state index contributed by atoms with van der Waals surface area (Å²) >= 11 is 0. The molecule has 2 aromatic rings. The van der Waals surface area contributed by atoms with Crippen molar-refractivity contribution in [2.75, 3.05) is 6.61 Å². The van der Waals surface area contributed by atoms with Gasteiger partial charge in [0, 0.05) is 17.5 Å². The molecule has 0 bridgehead atoms. The number of aliphatic hydroxyl groups excluding tert-OH is 4. The van der Waals surface area contributed by atoms with Crippen molar-refractivity contribution in [1.82, 2.24) is 0 Å². The van der Waals surface area contributed by atoms with Crippen molar-refractivity contribution in [3.8, 4) is 18.1 Å². The Hall–Kier alpha value is -2.40. The monoisotopic (exact) mass is 384 g/mol. The zero-order valence-electron chi connectivity index (χ0n) is 15.5. The highest BCUT2D eigenvalue weighted by atomic mass is 16.7. The highest BCUT2D eigenvalue weighted by Crippen LogP contribution is 2.29. The fourth-order valence-corrected chi connectivity index (χ4v) is 3.23. The molecule has 5 atom stereocenters. The first-order chi connectivity index (χ1) is 13.4. The summed E-state index contributed by atoms with van der Waals surface area (Å²) < 4.78 is 11.3. The molecule has 1 aliphatic rings. The maximum Gasteiger partial charge on any atom is 0.229 e. The van der Waals surface area contributed by atoms with Crippen LogP contribution >= 0.6 is 0 Å². The molecule has 1 saturated heterocycles. The summed E-state index contributed by atoms with van der Waals surface area (Å²) in [7, 11) is 0. The van der Waals surface area contributed by atoms with Gasteiger partial charge < -0.3 is 29.9 Å². The predicted octanol–water partition coefficient (Wildman–Crippen LogP) is 0.746. The van der Waals surface area contributed by atoms with Crippen molar-refractivity contribution < 1.29 is 29.9 Å². The zero-order valence-corrected chi connectivity index (χ0v) is 15.5. The van der Waals surface area contributed by atoms with Crippen LogP contribution in [0.5, 0.6) is 5.75 Å². The van der Waals surface area contributed by atoms with Gasteiger partial charge in [0.25, 0.3) is 0 Å². The number of ether oxygens (including phenoxy) is 2. The lowest BCUT2D eigenvalue weighted by Crippen LogP contribution is -2.60. The fourth-order valence-electron chi connectivity index (χ4n) is 3.23. The molecule has 0 spiro atoms. The third-order valence-electron chi connectivity index (χ3n) is 4.96. The second-order valence-electron chi connectivity index (χ2n) is 6.88. The van der Waals surface area contributed by atoms with Crippen molar-refractivity contribution in [1.29, 1.82) is 0 Å². The summed E-state index contributed by atoms with van der Waals surface area (Å²) in [6.07, 6.45) is -0.639. The molecular formula is C22H24O6. The lowest BCUT2D eigenvalue weighted by atomic mass is 9.98. The second-order valence-corrected chi connectivity index (χ2v) is 6.88. The molecule has 0 unspecified atom stereocenters. The molecule has 0 aliphatic carbocycles. The van der Waals surface area contributed by atoms with Crippen molar-refractivity contribution >= 4 is 0 Å². The van der Waals surface area contributed by atoms with Crippen LogP contribution in [0.3, 0.4) is 0 Å². The molecule has 6 heteroatoms. The van der Waals surface area contributed by atoms with Gasteiger partial charge >= 0.3 is 0 Å². The molecule has 0 amide bonds. The first-order valence-electron chi connectivity index (χ1n) is 9.05. The average molecular weight is 384 g/mol. The van der Waals surface area contributed by atoms with Crippen molar-refractivity contribution in [3.63, 3.8) is 0 Å². The molecule has 2 aromatic carbocycles. The number of benzene rings is 2. The fraction of sp³-hybridized carbons (Fsp3) is 0.364. The molecule has 148 valence electrons. The maximum absolute atomic E-state index is 10.2. The zero-order chi connectivity index (χ0) is 20.3. The van der Waals surface area contributed by atoms with Crippen LogP contribution in [0.4, 0.5) is 0 Å². The summed E-state index contributed by atoms with van der Waals surface area (Å²) in [5.74, 6) is 3.07. The van der Waals surface area contributed by atoms with Crippen molar-refractivity contribution in [3.05, 3.63) is 64.7 Å². The Labute approximate surface area is 164 Å². The van der Waals surface area contributed by atoms with Crippen LogP contribution in [-0.2, 0) is 11.2 Å². The van der Waals surface area contributed by atoms with Crippen LogP contribution in [0.1, 0.15) is 22.3 Å². The molecular weight excluding hydrogens is 360 g/mol. The number of hydrogen-bond acceptors (Lipinski definition) is 6. The van der Waals surface area contributed by atoms with E-state index in [1.165, 1.54) is 0 Å². The van der Waals surface area contributed by atoms with Crippen LogP contribution in [0.15, 0.2) is 42.5 Å². The standard InChI is InChI=1S/C22H24O6/c1-3-14-7-9-15(10-8-14)11-16-13(2)5-4-6-17(16)27-22-21(26)20(25)19(24)18(12-23)28-22/h1,4-10,18-26H,11-12H2,2H3/t18-,19-,20+,21-,22-/m1/s1. The molecule has 3 rings (SSSR count). The molecule has 4 N–H and O–H groups in total. The molecule has 28 heavy (non-hydrogen) atoms. The summed E-state index contributed by atoms with van der Waals surface area (Å²) in [6, 6.07) is 13.1. The van der Waals surface area contributed by atoms with E-state index in [0.29, 0.717) is 12.2 Å². The lowest BCUT2D eigenvalue weighted by Gasteiger charge is -2.39.